The molecule has 0 aliphatic heterocycles. The van der Waals surface area contributed by atoms with E-state index in [9.17, 15) is 0 Å². The van der Waals surface area contributed by atoms with Crippen LogP contribution in [0, 0.1) is 29.1 Å². The fraction of sp³-hybridized carbons (Fsp3) is 0.625. The summed E-state index contributed by atoms with van der Waals surface area (Å²) in [5.74, 6) is 3.16. The molecule has 0 radical (unpaired) electrons. The monoisotopic (exact) mass is 356 g/mol. The lowest BCUT2D eigenvalue weighted by Crippen LogP contribution is -2.55. The molecule has 0 saturated heterocycles. The molecule has 0 unspecified atom stereocenters. The first-order valence-corrected chi connectivity index (χ1v) is 8.91. The molecule has 4 fully saturated rings. The zero-order valence-electron chi connectivity index (χ0n) is 12.1. The predicted molar refractivity (Wildman–Crippen MR) is 87.3 cm³/mol. The van der Waals surface area contributed by atoms with Crippen LogP contribution in [0.1, 0.15) is 44.1 Å². The highest BCUT2D eigenvalue weighted by Crippen LogP contribution is 2.56. The van der Waals surface area contributed by atoms with Gasteiger partial charge in [0.1, 0.15) is 22.2 Å². The van der Waals surface area contributed by atoms with E-state index >= 15 is 0 Å². The molecular formula is C16H17Cl3N3+. The topological polar surface area (TPSA) is 50.0 Å². The van der Waals surface area contributed by atoms with Gasteiger partial charge in [0.15, 0.2) is 0 Å². The van der Waals surface area contributed by atoms with Crippen LogP contribution in [0.25, 0.3) is 0 Å². The average molecular weight is 358 g/mol. The Morgan fingerprint density at radius 3 is 2.05 bits per heavy atom. The standard InChI is InChI=1S/C16H16Cl3N3/c17-12-11(7-20)14(19)21-15(13(12)18)22-16-4-8-1-9(5-16)3-10(2-8)6-16/h8-10H,1-6H2,(H,21,22)/p+1. The highest BCUT2D eigenvalue weighted by Gasteiger charge is 2.54. The number of nitriles is 1. The molecule has 5 rings (SSSR count). The van der Waals surface area contributed by atoms with E-state index in [1.807, 2.05) is 6.07 Å². The van der Waals surface area contributed by atoms with Gasteiger partial charge in [0.25, 0.3) is 5.82 Å². The van der Waals surface area contributed by atoms with Gasteiger partial charge in [0.2, 0.25) is 5.15 Å². The fourth-order valence-corrected chi connectivity index (χ4v) is 5.96. The van der Waals surface area contributed by atoms with Crippen molar-refractivity contribution in [2.24, 2.45) is 17.8 Å². The second-order valence-electron chi connectivity index (χ2n) is 7.25. The lowest BCUT2D eigenvalue weighted by Gasteiger charge is -2.54. The summed E-state index contributed by atoms with van der Waals surface area (Å²) >= 11 is 18.7. The number of pyridine rings is 1. The van der Waals surface area contributed by atoms with E-state index in [0.29, 0.717) is 10.8 Å². The Morgan fingerprint density at radius 1 is 1.00 bits per heavy atom. The van der Waals surface area contributed by atoms with Crippen LogP contribution < -0.4 is 10.3 Å². The Bertz CT molecular complexity index is 645. The van der Waals surface area contributed by atoms with E-state index in [2.05, 4.69) is 10.3 Å². The molecule has 1 heterocycles. The Balaban J connectivity index is 1.68. The van der Waals surface area contributed by atoms with E-state index in [4.69, 9.17) is 40.1 Å². The average Bonchev–Trinajstić information content (AvgIpc) is 2.43. The number of hydrogen-bond acceptors (Lipinski definition) is 2. The van der Waals surface area contributed by atoms with E-state index in [0.717, 1.165) is 17.8 Å². The van der Waals surface area contributed by atoms with E-state index in [1.54, 1.807) is 0 Å². The fourth-order valence-electron chi connectivity index (χ4n) is 5.26. The minimum atomic E-state index is 0.107. The molecule has 1 aromatic heterocycles. The zero-order chi connectivity index (χ0) is 15.5. The van der Waals surface area contributed by atoms with Crippen molar-refractivity contribution in [1.82, 2.24) is 0 Å². The predicted octanol–water partition coefficient (Wildman–Crippen LogP) is 4.71. The smallest absolute Gasteiger partial charge is 0.268 e. The van der Waals surface area contributed by atoms with Gasteiger partial charge in [-0.2, -0.15) is 5.26 Å². The normalized spacial score (nSPS) is 35.5. The third-order valence-corrected chi connectivity index (χ3v) is 6.76. The van der Waals surface area contributed by atoms with Gasteiger partial charge in [-0.15, -0.1) is 0 Å². The van der Waals surface area contributed by atoms with Crippen molar-refractivity contribution in [1.29, 1.82) is 5.26 Å². The van der Waals surface area contributed by atoms with E-state index in [1.165, 1.54) is 38.5 Å². The highest BCUT2D eigenvalue weighted by atomic mass is 35.5. The maximum atomic E-state index is 9.10. The number of nitrogens with zero attached hydrogens (tertiary/aromatic N) is 1. The minimum Gasteiger partial charge on any atom is -0.268 e. The molecule has 4 saturated carbocycles. The molecule has 116 valence electrons. The molecule has 4 aliphatic carbocycles. The maximum absolute atomic E-state index is 9.10. The van der Waals surface area contributed by atoms with Crippen LogP contribution in [-0.2, 0) is 0 Å². The van der Waals surface area contributed by atoms with Gasteiger partial charge in [-0.1, -0.05) is 23.2 Å². The molecule has 2 N–H and O–H groups in total. The van der Waals surface area contributed by atoms with Gasteiger partial charge in [0, 0.05) is 0 Å². The van der Waals surface area contributed by atoms with Crippen molar-refractivity contribution in [2.45, 2.75) is 44.1 Å². The molecule has 0 atom stereocenters. The zero-order valence-corrected chi connectivity index (χ0v) is 14.3. The number of aromatic amines is 1. The number of hydrogen-bond donors (Lipinski definition) is 1. The summed E-state index contributed by atoms with van der Waals surface area (Å²) in [5, 5.41) is 13.5. The van der Waals surface area contributed by atoms with Crippen molar-refractivity contribution in [3.05, 3.63) is 20.8 Å². The van der Waals surface area contributed by atoms with Gasteiger partial charge < -0.3 is 0 Å². The summed E-state index contributed by atoms with van der Waals surface area (Å²) < 4.78 is 0. The largest absolute Gasteiger partial charge is 0.294 e. The van der Waals surface area contributed by atoms with Crippen LogP contribution >= 0.6 is 34.8 Å². The number of anilines is 1. The molecule has 3 nitrogen and oxygen atoms in total. The summed E-state index contributed by atoms with van der Waals surface area (Å²) in [6.07, 6.45) is 7.73. The van der Waals surface area contributed by atoms with Gasteiger partial charge in [0.05, 0.1) is 5.02 Å². The number of nitrogens with one attached hydrogen (secondary N) is 2. The van der Waals surface area contributed by atoms with Crippen LogP contribution in [0.15, 0.2) is 0 Å². The first-order chi connectivity index (χ1) is 10.5. The van der Waals surface area contributed by atoms with Gasteiger partial charge in [-0.3, -0.25) is 5.32 Å². The third-order valence-electron chi connectivity index (χ3n) is 5.63. The molecule has 0 spiro atoms. The molecule has 0 amide bonds. The summed E-state index contributed by atoms with van der Waals surface area (Å²) in [6, 6.07) is 1.98. The SMILES string of the molecule is N#Cc1c(Cl)[nH+]c(NC23CC4CC(CC(C4)C2)C3)c(Cl)c1Cl. The second-order valence-corrected chi connectivity index (χ2v) is 8.39. The quantitative estimate of drug-likeness (QED) is 0.779. The highest BCUT2D eigenvalue weighted by molar-refractivity contribution is 6.45. The molecule has 1 aromatic rings. The van der Waals surface area contributed by atoms with Crippen LogP contribution in [0.2, 0.25) is 15.2 Å². The maximum Gasteiger partial charge on any atom is 0.294 e. The van der Waals surface area contributed by atoms with Gasteiger partial charge in [-0.05, 0) is 67.9 Å². The van der Waals surface area contributed by atoms with Gasteiger partial charge in [-0.25, -0.2) is 4.98 Å². The van der Waals surface area contributed by atoms with Crippen molar-refractivity contribution < 1.29 is 4.98 Å². The molecule has 4 aliphatic rings. The molecule has 22 heavy (non-hydrogen) atoms. The summed E-state index contributed by atoms with van der Waals surface area (Å²) in [6.45, 7) is 0. The minimum absolute atomic E-state index is 0.107. The molecular weight excluding hydrogens is 341 g/mol. The molecule has 6 heteroatoms. The first kappa shape index (κ1) is 14.9. The number of halogens is 3. The summed E-state index contributed by atoms with van der Waals surface area (Å²) in [5.41, 5.74) is 0.305. The van der Waals surface area contributed by atoms with Crippen molar-refractivity contribution in [2.75, 3.05) is 5.32 Å². The number of H-pyrrole nitrogens is 1. The first-order valence-electron chi connectivity index (χ1n) is 7.78. The summed E-state index contributed by atoms with van der Waals surface area (Å²) in [4.78, 5) is 3.03. The van der Waals surface area contributed by atoms with Crippen LogP contribution in [0.5, 0.6) is 0 Å². The molecule has 4 bridgehead atoms. The third kappa shape index (κ3) is 2.28. The Kier molecular flexibility index (Phi) is 3.49. The van der Waals surface area contributed by atoms with Crippen LogP contribution in [0.3, 0.4) is 0 Å². The lowest BCUT2D eigenvalue weighted by molar-refractivity contribution is -0.359. The lowest BCUT2D eigenvalue weighted by atomic mass is 9.53. The summed E-state index contributed by atoms with van der Waals surface area (Å²) in [7, 11) is 0. The number of rotatable bonds is 2. The van der Waals surface area contributed by atoms with Crippen LogP contribution in [-0.4, -0.2) is 5.54 Å². The Hall–Kier alpha value is -0.690. The molecule has 0 aromatic carbocycles. The van der Waals surface area contributed by atoms with Crippen molar-refractivity contribution >= 4 is 40.6 Å². The number of aromatic nitrogens is 1. The Labute approximate surface area is 145 Å². The van der Waals surface area contributed by atoms with Crippen molar-refractivity contribution in [3.63, 3.8) is 0 Å². The van der Waals surface area contributed by atoms with Crippen molar-refractivity contribution in [3.8, 4) is 6.07 Å². The Morgan fingerprint density at radius 2 is 1.55 bits per heavy atom. The van der Waals surface area contributed by atoms with Gasteiger partial charge >= 0.3 is 0 Å². The van der Waals surface area contributed by atoms with E-state index in [-0.39, 0.29) is 21.3 Å². The second kappa shape index (κ2) is 5.16. The van der Waals surface area contributed by atoms with Crippen LogP contribution in [0.4, 0.5) is 5.82 Å². The van der Waals surface area contributed by atoms with E-state index < -0.39 is 0 Å².